The third-order valence-electron chi connectivity index (χ3n) is 0.868. The van der Waals surface area contributed by atoms with Crippen LogP contribution in [-0.4, -0.2) is 34.0 Å². The quantitative estimate of drug-likeness (QED) is 0.397. The lowest BCUT2D eigenvalue weighted by Crippen LogP contribution is -2.02. The minimum absolute atomic E-state index is 0.451. The van der Waals surface area contributed by atoms with Crippen LogP contribution in [0.15, 0.2) is 0 Å². The summed E-state index contributed by atoms with van der Waals surface area (Å²) in [6, 6.07) is 0. The molecule has 0 aromatic rings. The maximum atomic E-state index is 10.6. The highest BCUT2D eigenvalue weighted by Gasteiger charge is 2.19. The predicted octanol–water partition coefficient (Wildman–Crippen LogP) is -0.387. The SMILES string of the molecule is O=C(O)CCP(=O)(O)OCO. The first-order valence-electron chi connectivity index (χ1n) is 2.77. The Morgan fingerprint density at radius 1 is 1.55 bits per heavy atom. The molecule has 0 aliphatic heterocycles. The van der Waals surface area contributed by atoms with E-state index in [9.17, 15) is 9.36 Å². The van der Waals surface area contributed by atoms with E-state index in [1.807, 2.05) is 0 Å². The average Bonchev–Trinajstić information content (AvgIpc) is 1.84. The van der Waals surface area contributed by atoms with Crippen molar-refractivity contribution in [2.75, 3.05) is 13.0 Å². The third kappa shape index (κ3) is 6.00. The summed E-state index contributed by atoms with van der Waals surface area (Å²) in [5.41, 5.74) is 0. The van der Waals surface area contributed by atoms with Crippen LogP contribution in [0.1, 0.15) is 6.42 Å². The Morgan fingerprint density at radius 3 is 2.45 bits per heavy atom. The molecule has 0 aromatic carbocycles. The summed E-state index contributed by atoms with van der Waals surface area (Å²) in [4.78, 5) is 18.6. The molecule has 0 rings (SSSR count). The first-order chi connectivity index (χ1) is 4.98. The van der Waals surface area contributed by atoms with Crippen LogP contribution in [0.5, 0.6) is 0 Å². The van der Waals surface area contributed by atoms with Gasteiger partial charge in [-0.2, -0.15) is 0 Å². The van der Waals surface area contributed by atoms with E-state index in [0.717, 1.165) is 0 Å². The van der Waals surface area contributed by atoms with Gasteiger partial charge >= 0.3 is 13.6 Å². The zero-order valence-corrected chi connectivity index (χ0v) is 6.53. The molecule has 0 amide bonds. The van der Waals surface area contributed by atoms with E-state index in [2.05, 4.69) is 4.52 Å². The summed E-state index contributed by atoms with van der Waals surface area (Å²) in [7, 11) is -3.88. The number of rotatable bonds is 5. The van der Waals surface area contributed by atoms with Gasteiger partial charge in [-0.05, 0) is 0 Å². The normalized spacial score (nSPS) is 15.8. The molecule has 0 bridgehead atoms. The highest BCUT2D eigenvalue weighted by molar-refractivity contribution is 7.52. The van der Waals surface area contributed by atoms with Gasteiger partial charge in [0, 0.05) is 0 Å². The molecule has 0 saturated heterocycles. The average molecular weight is 184 g/mol. The molecule has 7 heteroatoms. The first-order valence-corrected chi connectivity index (χ1v) is 4.53. The maximum absolute atomic E-state index is 10.6. The van der Waals surface area contributed by atoms with Crippen molar-refractivity contribution in [1.82, 2.24) is 0 Å². The van der Waals surface area contributed by atoms with Gasteiger partial charge in [-0.3, -0.25) is 13.9 Å². The van der Waals surface area contributed by atoms with Crippen LogP contribution in [0.3, 0.4) is 0 Å². The monoisotopic (exact) mass is 184 g/mol. The third-order valence-corrected chi connectivity index (χ3v) is 2.18. The Morgan fingerprint density at radius 2 is 2.09 bits per heavy atom. The lowest BCUT2D eigenvalue weighted by molar-refractivity contribution is -0.136. The minimum Gasteiger partial charge on any atom is -0.481 e. The van der Waals surface area contributed by atoms with Gasteiger partial charge in [-0.15, -0.1) is 0 Å². The minimum atomic E-state index is -3.88. The first kappa shape index (κ1) is 10.6. The Kier molecular flexibility index (Phi) is 4.29. The zero-order valence-electron chi connectivity index (χ0n) is 5.63. The summed E-state index contributed by atoms with van der Waals surface area (Å²) in [6.45, 7) is -0.882. The second-order valence-electron chi connectivity index (χ2n) is 1.76. The van der Waals surface area contributed by atoms with E-state index >= 15 is 0 Å². The highest BCUT2D eigenvalue weighted by Crippen LogP contribution is 2.41. The molecule has 0 aromatic heterocycles. The van der Waals surface area contributed by atoms with Crippen LogP contribution in [0.2, 0.25) is 0 Å². The number of aliphatic hydroxyl groups excluding tert-OH is 1. The van der Waals surface area contributed by atoms with Crippen molar-refractivity contribution in [2.45, 2.75) is 6.42 Å². The number of hydrogen-bond acceptors (Lipinski definition) is 4. The second kappa shape index (κ2) is 4.46. The van der Waals surface area contributed by atoms with Crippen molar-refractivity contribution in [3.63, 3.8) is 0 Å². The van der Waals surface area contributed by atoms with Gasteiger partial charge in [0.05, 0.1) is 12.6 Å². The molecule has 0 heterocycles. The molecule has 0 spiro atoms. The van der Waals surface area contributed by atoms with Crippen molar-refractivity contribution < 1.29 is 29.0 Å². The highest BCUT2D eigenvalue weighted by atomic mass is 31.2. The van der Waals surface area contributed by atoms with Gasteiger partial charge in [0.25, 0.3) is 0 Å². The molecule has 0 aliphatic rings. The van der Waals surface area contributed by atoms with Crippen molar-refractivity contribution in [1.29, 1.82) is 0 Å². The second-order valence-corrected chi connectivity index (χ2v) is 3.74. The number of carboxylic acids is 1. The summed E-state index contributed by atoms with van der Waals surface area (Å²) >= 11 is 0. The molecule has 1 unspecified atom stereocenters. The van der Waals surface area contributed by atoms with E-state index in [-0.39, 0.29) is 0 Å². The molecular weight excluding hydrogens is 175 g/mol. The fourth-order valence-electron chi connectivity index (χ4n) is 0.392. The fourth-order valence-corrected chi connectivity index (χ4v) is 1.18. The van der Waals surface area contributed by atoms with Gasteiger partial charge < -0.3 is 15.1 Å². The van der Waals surface area contributed by atoms with Gasteiger partial charge in [0.1, 0.15) is 0 Å². The summed E-state index contributed by atoms with van der Waals surface area (Å²) in [5.74, 6) is -1.18. The topological polar surface area (TPSA) is 104 Å². The van der Waals surface area contributed by atoms with E-state index < -0.39 is 32.9 Å². The van der Waals surface area contributed by atoms with Gasteiger partial charge in [0.2, 0.25) is 0 Å². The van der Waals surface area contributed by atoms with Crippen molar-refractivity contribution >= 4 is 13.6 Å². The maximum Gasteiger partial charge on any atom is 0.330 e. The van der Waals surface area contributed by atoms with E-state index in [0.29, 0.717) is 0 Å². The van der Waals surface area contributed by atoms with Gasteiger partial charge in [0.15, 0.2) is 6.79 Å². The molecule has 0 radical (unpaired) electrons. The lowest BCUT2D eigenvalue weighted by atomic mass is 10.5. The smallest absolute Gasteiger partial charge is 0.330 e. The predicted molar refractivity (Wildman–Crippen MR) is 35.1 cm³/mol. The number of carbonyl (C=O) groups is 1. The standard InChI is InChI=1S/C4H9O6P/c5-3-10-11(8,9)2-1-4(6)7/h5H,1-3H2,(H,6,7)(H,8,9). The van der Waals surface area contributed by atoms with E-state index in [1.54, 1.807) is 0 Å². The van der Waals surface area contributed by atoms with Gasteiger partial charge in [-0.25, -0.2) is 0 Å². The largest absolute Gasteiger partial charge is 0.481 e. The Labute approximate surface area is 63.0 Å². The lowest BCUT2D eigenvalue weighted by Gasteiger charge is -2.07. The summed E-state index contributed by atoms with van der Waals surface area (Å²) in [5, 5.41) is 16.2. The van der Waals surface area contributed by atoms with Crippen LogP contribution < -0.4 is 0 Å². The molecule has 6 nitrogen and oxygen atoms in total. The van der Waals surface area contributed by atoms with E-state index in [1.165, 1.54) is 0 Å². The van der Waals surface area contributed by atoms with E-state index in [4.69, 9.17) is 15.1 Å². The number of aliphatic carboxylic acids is 1. The number of carboxylic acid groups (broad SMARTS) is 1. The van der Waals surface area contributed by atoms with Gasteiger partial charge in [-0.1, -0.05) is 0 Å². The van der Waals surface area contributed by atoms with Crippen LogP contribution in [-0.2, 0) is 13.9 Å². The summed E-state index contributed by atoms with van der Waals surface area (Å²) < 4.78 is 14.6. The molecule has 0 aliphatic carbocycles. The van der Waals surface area contributed by atoms with Crippen molar-refractivity contribution in [3.8, 4) is 0 Å². The zero-order chi connectivity index (χ0) is 8.91. The Hall–Kier alpha value is -0.420. The fraction of sp³-hybridized carbons (Fsp3) is 0.750. The van der Waals surface area contributed by atoms with Crippen LogP contribution in [0, 0.1) is 0 Å². The van der Waals surface area contributed by atoms with Crippen molar-refractivity contribution in [2.24, 2.45) is 0 Å². The van der Waals surface area contributed by atoms with Crippen LogP contribution in [0.4, 0.5) is 0 Å². The Balaban J connectivity index is 3.73. The number of hydrogen-bond donors (Lipinski definition) is 3. The number of aliphatic hydroxyl groups is 1. The molecule has 1 atom stereocenters. The molecular formula is C4H9O6P. The van der Waals surface area contributed by atoms with Crippen molar-refractivity contribution in [3.05, 3.63) is 0 Å². The molecule has 66 valence electrons. The summed E-state index contributed by atoms with van der Waals surface area (Å²) in [6.07, 6.45) is -0.934. The Bertz CT molecular complexity index is 177. The van der Waals surface area contributed by atoms with Crippen LogP contribution >= 0.6 is 7.60 Å². The molecule has 0 fully saturated rings. The molecule has 3 N–H and O–H groups in total. The molecule has 11 heavy (non-hydrogen) atoms. The molecule has 0 saturated carbocycles. The van der Waals surface area contributed by atoms with Crippen LogP contribution in [0.25, 0.3) is 0 Å².